The summed E-state index contributed by atoms with van der Waals surface area (Å²) in [5.41, 5.74) is 1.40. The van der Waals surface area contributed by atoms with E-state index in [4.69, 9.17) is 11.6 Å². The molecule has 0 saturated carbocycles. The van der Waals surface area contributed by atoms with Gasteiger partial charge in [-0.2, -0.15) is 23.3 Å². The van der Waals surface area contributed by atoms with Gasteiger partial charge in [-0.25, -0.2) is 0 Å². The molecule has 3 rings (SSSR count). The second kappa shape index (κ2) is 7.17. The fourth-order valence-corrected chi connectivity index (χ4v) is 2.42. The molecule has 3 aromatic rings. The second-order valence-electron chi connectivity index (χ2n) is 5.45. The van der Waals surface area contributed by atoms with Crippen LogP contribution < -0.4 is 10.6 Å². The Morgan fingerprint density at radius 2 is 1.73 bits per heavy atom. The SMILES string of the molecule is Cc1cc(Cl)ccc1Nc1nncc(Nc2ccc(C(F)(F)F)cc2)n1. The first-order chi connectivity index (χ1) is 12.3. The highest BCUT2D eigenvalue weighted by atomic mass is 35.5. The molecule has 0 unspecified atom stereocenters. The van der Waals surface area contributed by atoms with E-state index in [0.29, 0.717) is 16.5 Å². The highest BCUT2D eigenvalue weighted by molar-refractivity contribution is 6.30. The third kappa shape index (κ3) is 4.40. The first-order valence-corrected chi connectivity index (χ1v) is 7.86. The Morgan fingerprint density at radius 1 is 1.00 bits per heavy atom. The summed E-state index contributed by atoms with van der Waals surface area (Å²) >= 11 is 5.92. The second-order valence-corrected chi connectivity index (χ2v) is 5.89. The minimum atomic E-state index is -4.37. The van der Waals surface area contributed by atoms with E-state index in [2.05, 4.69) is 25.8 Å². The quantitative estimate of drug-likeness (QED) is 0.640. The number of hydrogen-bond donors (Lipinski definition) is 2. The molecule has 134 valence electrons. The van der Waals surface area contributed by atoms with Crippen molar-refractivity contribution in [3.8, 4) is 0 Å². The molecule has 0 fully saturated rings. The lowest BCUT2D eigenvalue weighted by atomic mass is 10.2. The normalized spacial score (nSPS) is 11.3. The van der Waals surface area contributed by atoms with Crippen LogP contribution in [-0.2, 0) is 6.18 Å². The number of alkyl halides is 3. The molecule has 9 heteroatoms. The van der Waals surface area contributed by atoms with E-state index < -0.39 is 11.7 Å². The molecule has 2 N–H and O–H groups in total. The zero-order chi connectivity index (χ0) is 18.7. The van der Waals surface area contributed by atoms with E-state index in [9.17, 15) is 13.2 Å². The largest absolute Gasteiger partial charge is 0.416 e. The summed E-state index contributed by atoms with van der Waals surface area (Å²) < 4.78 is 37.8. The van der Waals surface area contributed by atoms with Gasteiger partial charge in [-0.1, -0.05) is 11.6 Å². The predicted octanol–water partition coefficient (Wildman–Crippen LogP) is 5.34. The maximum atomic E-state index is 12.6. The Balaban J connectivity index is 1.75. The number of rotatable bonds is 4. The van der Waals surface area contributed by atoms with Crippen LogP contribution in [0.3, 0.4) is 0 Å². The van der Waals surface area contributed by atoms with Gasteiger partial charge in [0.05, 0.1) is 11.8 Å². The monoisotopic (exact) mass is 379 g/mol. The number of benzene rings is 2. The van der Waals surface area contributed by atoms with Crippen LogP contribution in [0.15, 0.2) is 48.7 Å². The van der Waals surface area contributed by atoms with E-state index in [0.717, 1.165) is 23.4 Å². The minimum absolute atomic E-state index is 0.243. The molecule has 0 aliphatic heterocycles. The van der Waals surface area contributed by atoms with Crippen molar-refractivity contribution < 1.29 is 13.2 Å². The molecule has 0 spiro atoms. The summed E-state index contributed by atoms with van der Waals surface area (Å²) in [5.74, 6) is 0.584. The van der Waals surface area contributed by atoms with Crippen molar-refractivity contribution in [2.75, 3.05) is 10.6 Å². The molecular weight excluding hydrogens is 367 g/mol. The standard InChI is InChI=1S/C17H13ClF3N5/c1-10-8-12(18)4-7-14(10)24-16-25-15(9-22-26-16)23-13-5-2-11(3-6-13)17(19,20)21/h2-9H,1H3,(H2,23,24,25,26). The van der Waals surface area contributed by atoms with E-state index in [-0.39, 0.29) is 5.95 Å². The van der Waals surface area contributed by atoms with Crippen molar-refractivity contribution in [3.63, 3.8) is 0 Å². The van der Waals surface area contributed by atoms with Crippen LogP contribution in [0.4, 0.5) is 36.3 Å². The number of nitrogens with zero attached hydrogens (tertiary/aromatic N) is 3. The van der Waals surface area contributed by atoms with Gasteiger partial charge in [0.25, 0.3) is 0 Å². The van der Waals surface area contributed by atoms with Gasteiger partial charge < -0.3 is 10.6 Å². The topological polar surface area (TPSA) is 62.7 Å². The van der Waals surface area contributed by atoms with Gasteiger partial charge in [-0.15, -0.1) is 5.10 Å². The van der Waals surface area contributed by atoms with Crippen molar-refractivity contribution in [2.24, 2.45) is 0 Å². The zero-order valence-electron chi connectivity index (χ0n) is 13.5. The number of hydrogen-bond acceptors (Lipinski definition) is 5. The number of halogens is 4. The van der Waals surface area contributed by atoms with Crippen molar-refractivity contribution in [1.82, 2.24) is 15.2 Å². The summed E-state index contributed by atoms with van der Waals surface area (Å²) in [6, 6.07) is 9.94. The minimum Gasteiger partial charge on any atom is -0.339 e. The van der Waals surface area contributed by atoms with Crippen molar-refractivity contribution in [3.05, 3.63) is 64.8 Å². The van der Waals surface area contributed by atoms with Gasteiger partial charge in [0, 0.05) is 16.4 Å². The van der Waals surface area contributed by atoms with Gasteiger partial charge >= 0.3 is 6.18 Å². The van der Waals surface area contributed by atoms with E-state index >= 15 is 0 Å². The number of aromatic nitrogens is 3. The number of nitrogens with one attached hydrogen (secondary N) is 2. The van der Waals surface area contributed by atoms with Crippen LogP contribution in [-0.4, -0.2) is 15.2 Å². The Bertz CT molecular complexity index is 913. The summed E-state index contributed by atoms with van der Waals surface area (Å²) in [6.45, 7) is 1.88. The van der Waals surface area contributed by atoms with Crippen LogP contribution in [0.5, 0.6) is 0 Å². The predicted molar refractivity (Wildman–Crippen MR) is 94.0 cm³/mol. The highest BCUT2D eigenvalue weighted by Gasteiger charge is 2.29. The first-order valence-electron chi connectivity index (χ1n) is 7.48. The third-order valence-corrected chi connectivity index (χ3v) is 3.71. The fraction of sp³-hybridized carbons (Fsp3) is 0.118. The Morgan fingerprint density at radius 3 is 2.38 bits per heavy atom. The van der Waals surface area contributed by atoms with E-state index in [1.807, 2.05) is 6.92 Å². The molecule has 0 amide bonds. The number of aryl methyl sites for hydroxylation is 1. The lowest BCUT2D eigenvalue weighted by molar-refractivity contribution is -0.137. The molecule has 0 bridgehead atoms. The van der Waals surface area contributed by atoms with Crippen molar-refractivity contribution >= 4 is 34.7 Å². The van der Waals surface area contributed by atoms with Gasteiger partial charge in [0.1, 0.15) is 0 Å². The maximum absolute atomic E-state index is 12.6. The summed E-state index contributed by atoms with van der Waals surface area (Å²) in [5, 5.41) is 14.3. The molecule has 0 saturated heterocycles. The van der Waals surface area contributed by atoms with Gasteiger partial charge in [0.15, 0.2) is 5.82 Å². The lowest BCUT2D eigenvalue weighted by Gasteiger charge is -2.10. The molecule has 1 aromatic heterocycles. The van der Waals surface area contributed by atoms with Crippen LogP contribution in [0.25, 0.3) is 0 Å². The van der Waals surface area contributed by atoms with Gasteiger partial charge in [-0.3, -0.25) is 0 Å². The summed E-state index contributed by atoms with van der Waals surface area (Å²) in [7, 11) is 0. The summed E-state index contributed by atoms with van der Waals surface area (Å²) in [6.07, 6.45) is -3.00. The molecular formula is C17H13ClF3N5. The molecule has 2 aromatic carbocycles. The van der Waals surface area contributed by atoms with Crippen LogP contribution in [0, 0.1) is 6.92 Å². The molecule has 0 radical (unpaired) electrons. The third-order valence-electron chi connectivity index (χ3n) is 3.48. The van der Waals surface area contributed by atoms with Crippen LogP contribution >= 0.6 is 11.6 Å². The van der Waals surface area contributed by atoms with E-state index in [1.165, 1.54) is 18.3 Å². The van der Waals surface area contributed by atoms with Crippen LogP contribution in [0.1, 0.15) is 11.1 Å². The Kier molecular flexibility index (Phi) is 4.94. The molecule has 0 aliphatic rings. The van der Waals surface area contributed by atoms with Crippen LogP contribution in [0.2, 0.25) is 5.02 Å². The molecule has 0 aliphatic carbocycles. The molecule has 0 atom stereocenters. The van der Waals surface area contributed by atoms with E-state index in [1.54, 1.807) is 18.2 Å². The Labute approximate surface area is 152 Å². The van der Waals surface area contributed by atoms with Crippen molar-refractivity contribution in [2.45, 2.75) is 13.1 Å². The maximum Gasteiger partial charge on any atom is 0.416 e. The average Bonchev–Trinajstić information content (AvgIpc) is 2.57. The number of anilines is 4. The summed E-state index contributed by atoms with van der Waals surface area (Å²) in [4.78, 5) is 4.25. The lowest BCUT2D eigenvalue weighted by Crippen LogP contribution is -2.05. The smallest absolute Gasteiger partial charge is 0.339 e. The van der Waals surface area contributed by atoms with Crippen molar-refractivity contribution in [1.29, 1.82) is 0 Å². The molecule has 26 heavy (non-hydrogen) atoms. The van der Waals surface area contributed by atoms with Gasteiger partial charge in [-0.05, 0) is 55.0 Å². The first kappa shape index (κ1) is 17.9. The molecule has 1 heterocycles. The average molecular weight is 380 g/mol. The van der Waals surface area contributed by atoms with Gasteiger partial charge in [0.2, 0.25) is 5.95 Å². The Hall–Kier alpha value is -2.87. The molecule has 5 nitrogen and oxygen atoms in total. The highest BCUT2D eigenvalue weighted by Crippen LogP contribution is 2.30. The zero-order valence-corrected chi connectivity index (χ0v) is 14.2. The fourth-order valence-electron chi connectivity index (χ4n) is 2.19.